The molecule has 0 spiro atoms. The van der Waals surface area contributed by atoms with Crippen LogP contribution in [0.3, 0.4) is 0 Å². The molecular formula is C19H23N3O4. The Labute approximate surface area is 152 Å². The van der Waals surface area contributed by atoms with E-state index in [1.54, 1.807) is 37.6 Å². The highest BCUT2D eigenvalue weighted by molar-refractivity contribution is 5.94. The van der Waals surface area contributed by atoms with Gasteiger partial charge in [-0.15, -0.1) is 0 Å². The summed E-state index contributed by atoms with van der Waals surface area (Å²) < 4.78 is 12.2. The Bertz CT molecular complexity index is 856. The molecule has 2 aromatic rings. The number of carbonyl (C=O) groups excluding carboxylic acids is 1. The largest absolute Gasteiger partial charge is 0.493 e. The minimum Gasteiger partial charge on any atom is -0.493 e. The zero-order chi connectivity index (χ0) is 19.1. The van der Waals surface area contributed by atoms with E-state index in [9.17, 15) is 9.59 Å². The van der Waals surface area contributed by atoms with Gasteiger partial charge in [-0.2, -0.15) is 5.10 Å². The molecule has 1 amide bonds. The first-order chi connectivity index (χ1) is 12.5. The molecule has 0 fully saturated rings. The summed E-state index contributed by atoms with van der Waals surface area (Å²) in [4.78, 5) is 24.5. The first-order valence-corrected chi connectivity index (χ1v) is 8.33. The number of pyridine rings is 1. The number of benzene rings is 1. The number of rotatable bonds is 7. The van der Waals surface area contributed by atoms with Gasteiger partial charge in [0.2, 0.25) is 0 Å². The molecule has 0 aliphatic heterocycles. The number of amides is 1. The van der Waals surface area contributed by atoms with Gasteiger partial charge < -0.3 is 14.0 Å². The lowest BCUT2D eigenvalue weighted by molar-refractivity contribution is 0.0953. The number of aromatic nitrogens is 1. The Kier molecular flexibility index (Phi) is 6.54. The van der Waals surface area contributed by atoms with Crippen LogP contribution in [0.15, 0.2) is 46.4 Å². The van der Waals surface area contributed by atoms with Crippen molar-refractivity contribution in [2.45, 2.75) is 26.8 Å². The summed E-state index contributed by atoms with van der Waals surface area (Å²) in [7, 11) is 1.57. The van der Waals surface area contributed by atoms with E-state index in [0.29, 0.717) is 18.1 Å². The minimum atomic E-state index is -0.556. The number of methoxy groups -OCH3 is 1. The molecule has 1 aromatic carbocycles. The van der Waals surface area contributed by atoms with Gasteiger partial charge in [-0.05, 0) is 56.7 Å². The van der Waals surface area contributed by atoms with Gasteiger partial charge in [-0.25, -0.2) is 5.43 Å². The fourth-order valence-electron chi connectivity index (χ4n) is 2.36. The van der Waals surface area contributed by atoms with Crippen molar-refractivity contribution in [1.29, 1.82) is 0 Å². The van der Waals surface area contributed by atoms with Crippen LogP contribution in [0.1, 0.15) is 42.7 Å². The van der Waals surface area contributed by atoms with Crippen LogP contribution in [-0.4, -0.2) is 30.4 Å². The van der Waals surface area contributed by atoms with Gasteiger partial charge in [-0.1, -0.05) is 0 Å². The van der Waals surface area contributed by atoms with E-state index in [-0.39, 0.29) is 17.2 Å². The van der Waals surface area contributed by atoms with Gasteiger partial charge in [0, 0.05) is 12.2 Å². The first-order valence-electron chi connectivity index (χ1n) is 8.33. The number of ether oxygens (including phenoxy) is 2. The maximum atomic E-state index is 12.3. The van der Waals surface area contributed by atoms with E-state index in [4.69, 9.17) is 9.47 Å². The lowest BCUT2D eigenvalue weighted by atomic mass is 10.2. The number of nitrogens with one attached hydrogen (secondary N) is 1. The van der Waals surface area contributed by atoms with Crippen LogP contribution in [-0.2, 0) is 0 Å². The van der Waals surface area contributed by atoms with Crippen LogP contribution < -0.4 is 20.5 Å². The number of nitrogens with zero attached hydrogens (tertiary/aromatic N) is 2. The van der Waals surface area contributed by atoms with Crippen LogP contribution in [0.4, 0.5) is 0 Å². The van der Waals surface area contributed by atoms with Crippen LogP contribution in [0, 0.1) is 0 Å². The Morgan fingerprint density at radius 3 is 2.73 bits per heavy atom. The molecule has 0 aliphatic carbocycles. The third-order valence-corrected chi connectivity index (χ3v) is 3.64. The molecule has 0 radical (unpaired) electrons. The van der Waals surface area contributed by atoms with E-state index in [1.807, 2.05) is 20.8 Å². The van der Waals surface area contributed by atoms with Gasteiger partial charge >= 0.3 is 0 Å². The van der Waals surface area contributed by atoms with Crippen LogP contribution in [0.25, 0.3) is 0 Å². The number of hydrogen-bond acceptors (Lipinski definition) is 5. The Morgan fingerprint density at radius 2 is 2.08 bits per heavy atom. The van der Waals surface area contributed by atoms with E-state index < -0.39 is 5.91 Å². The summed E-state index contributed by atoms with van der Waals surface area (Å²) in [5, 5.41) is 3.92. The molecule has 0 saturated heterocycles. The highest BCUT2D eigenvalue weighted by Crippen LogP contribution is 2.27. The molecule has 1 N–H and O–H groups in total. The van der Waals surface area contributed by atoms with Crippen molar-refractivity contribution in [3.05, 3.63) is 58.0 Å². The smallest absolute Gasteiger partial charge is 0.276 e. The summed E-state index contributed by atoms with van der Waals surface area (Å²) in [5.74, 6) is 0.652. The molecule has 7 nitrogen and oxygen atoms in total. The Balaban J connectivity index is 2.14. The monoisotopic (exact) mass is 357 g/mol. The molecule has 7 heteroatoms. The molecule has 0 unspecified atom stereocenters. The third kappa shape index (κ3) is 4.50. The maximum absolute atomic E-state index is 12.3. The molecule has 0 saturated carbocycles. The molecule has 138 valence electrons. The van der Waals surface area contributed by atoms with E-state index in [0.717, 1.165) is 5.56 Å². The predicted octanol–water partition coefficient (Wildman–Crippen LogP) is 2.60. The van der Waals surface area contributed by atoms with Crippen molar-refractivity contribution >= 4 is 12.1 Å². The topological polar surface area (TPSA) is 81.9 Å². The lowest BCUT2D eigenvalue weighted by Gasteiger charge is -2.10. The zero-order valence-corrected chi connectivity index (χ0v) is 15.4. The van der Waals surface area contributed by atoms with Gasteiger partial charge in [0.25, 0.3) is 11.5 Å². The second-order valence-electron chi connectivity index (χ2n) is 5.77. The maximum Gasteiger partial charge on any atom is 0.276 e. The van der Waals surface area contributed by atoms with Crippen molar-refractivity contribution < 1.29 is 14.3 Å². The average Bonchev–Trinajstić information content (AvgIpc) is 2.62. The van der Waals surface area contributed by atoms with Gasteiger partial charge in [0.05, 0.1) is 19.9 Å². The van der Waals surface area contributed by atoms with Crippen molar-refractivity contribution in [2.24, 2.45) is 5.10 Å². The van der Waals surface area contributed by atoms with Crippen LogP contribution >= 0.6 is 0 Å². The minimum absolute atomic E-state index is 0.0324. The van der Waals surface area contributed by atoms with Crippen molar-refractivity contribution in [3.63, 3.8) is 0 Å². The highest BCUT2D eigenvalue weighted by Gasteiger charge is 2.12. The number of hydrazone groups is 1. The molecule has 1 aromatic heterocycles. The highest BCUT2D eigenvalue weighted by atomic mass is 16.5. The number of hydrogen-bond donors (Lipinski definition) is 1. The number of carbonyl (C=O) groups is 1. The average molecular weight is 357 g/mol. The molecular weight excluding hydrogens is 334 g/mol. The molecule has 2 rings (SSSR count). The van der Waals surface area contributed by atoms with Crippen molar-refractivity contribution in [3.8, 4) is 11.5 Å². The summed E-state index contributed by atoms with van der Waals surface area (Å²) in [5.41, 5.74) is 2.80. The molecule has 26 heavy (non-hydrogen) atoms. The fraction of sp³-hybridized carbons (Fsp3) is 0.316. The summed E-state index contributed by atoms with van der Waals surface area (Å²) >= 11 is 0. The Morgan fingerprint density at radius 1 is 1.31 bits per heavy atom. The normalized spacial score (nSPS) is 11.0. The first kappa shape index (κ1) is 19.2. The van der Waals surface area contributed by atoms with E-state index in [1.165, 1.54) is 16.8 Å². The third-order valence-electron chi connectivity index (χ3n) is 3.64. The van der Waals surface area contributed by atoms with Crippen molar-refractivity contribution in [2.75, 3.05) is 13.7 Å². The molecule has 0 atom stereocenters. The van der Waals surface area contributed by atoms with E-state index >= 15 is 0 Å². The zero-order valence-electron chi connectivity index (χ0n) is 15.4. The van der Waals surface area contributed by atoms with Gasteiger partial charge in [0.1, 0.15) is 5.56 Å². The van der Waals surface area contributed by atoms with E-state index in [2.05, 4.69) is 10.5 Å². The quantitative estimate of drug-likeness (QED) is 0.610. The van der Waals surface area contributed by atoms with Gasteiger partial charge in [-0.3, -0.25) is 9.59 Å². The lowest BCUT2D eigenvalue weighted by Crippen LogP contribution is -2.31. The van der Waals surface area contributed by atoms with Gasteiger partial charge in [0.15, 0.2) is 11.5 Å². The second kappa shape index (κ2) is 8.84. The second-order valence-corrected chi connectivity index (χ2v) is 5.77. The SMILES string of the molecule is CCOc1cc(/C=N\NC(=O)c2cccn(C(C)C)c2=O)ccc1OC. The van der Waals surface area contributed by atoms with Crippen LogP contribution in [0.5, 0.6) is 11.5 Å². The standard InChI is InChI=1S/C19H23N3O4/c1-5-26-17-11-14(8-9-16(17)25-4)12-20-21-18(23)15-7-6-10-22(13(2)3)19(15)24/h6-13H,5H2,1-4H3,(H,21,23)/b20-12-. The summed E-state index contributed by atoms with van der Waals surface area (Å²) in [6.07, 6.45) is 3.13. The molecule has 0 aliphatic rings. The van der Waals surface area contributed by atoms with Crippen molar-refractivity contribution in [1.82, 2.24) is 9.99 Å². The molecule has 1 heterocycles. The Hall–Kier alpha value is -3.09. The predicted molar refractivity (Wildman–Crippen MR) is 100 cm³/mol. The fourth-order valence-corrected chi connectivity index (χ4v) is 2.36. The van der Waals surface area contributed by atoms with Crippen LogP contribution in [0.2, 0.25) is 0 Å². The summed E-state index contributed by atoms with van der Waals surface area (Å²) in [6.45, 7) is 6.13. The molecule has 0 bridgehead atoms. The summed E-state index contributed by atoms with van der Waals surface area (Å²) in [6, 6.07) is 8.41.